The highest BCUT2D eigenvalue weighted by molar-refractivity contribution is 5.94. The van der Waals surface area contributed by atoms with Gasteiger partial charge in [-0.05, 0) is 25.3 Å². The molecule has 1 aromatic heterocycles. The lowest BCUT2D eigenvalue weighted by Gasteiger charge is -2.20. The number of carboxylic acids is 1. The summed E-state index contributed by atoms with van der Waals surface area (Å²) in [5, 5.41) is 16.5. The summed E-state index contributed by atoms with van der Waals surface area (Å²) in [4.78, 5) is 26.1. The van der Waals surface area contributed by atoms with Crippen molar-refractivity contribution in [3.63, 3.8) is 0 Å². The number of aliphatic carboxylic acids is 1. The molecule has 2 fully saturated rings. The maximum atomic E-state index is 14.4. The number of nitrogens with one attached hydrogen (secondary N) is 1. The van der Waals surface area contributed by atoms with Crippen LogP contribution in [-0.4, -0.2) is 69.7 Å². The van der Waals surface area contributed by atoms with Gasteiger partial charge in [-0.15, -0.1) is 0 Å². The number of rotatable bonds is 10. The van der Waals surface area contributed by atoms with Crippen LogP contribution < -0.4 is 5.32 Å². The number of carbonyl (C=O) groups excluding carboxylic acids is 1. The average molecular weight is 525 g/mol. The summed E-state index contributed by atoms with van der Waals surface area (Å²) >= 11 is 0. The van der Waals surface area contributed by atoms with Gasteiger partial charge in [-0.2, -0.15) is 5.10 Å². The number of hydrogen-bond acceptors (Lipinski definition) is 4. The SMILES string of the molecule is CC(F)(F)c1ccccc1-c1cc(C(=O)N[C@@H](CCN2C[C@H](F)[C@@H](F)C2)CC(=O)O)nn1C1CCCC1. The standard InChI is InChI=1S/C26H32F4N4O3/c1-26(29,30)19-9-5-4-8-18(19)23-13-22(32-34(23)17-6-2-3-7-17)25(37)31-16(12-24(35)36)10-11-33-14-20(27)21(28)15-33/h4-5,8-9,13,16-17,20-21H,2-3,6-7,10-12,14-15H2,1H3,(H,31,37)(H,35,36)/t16-,20-,21-/m0/s1. The minimum absolute atomic E-state index is 0.000304. The molecule has 0 spiro atoms. The van der Waals surface area contributed by atoms with Gasteiger partial charge in [0.05, 0.1) is 18.2 Å². The summed E-state index contributed by atoms with van der Waals surface area (Å²) in [5.41, 5.74) is 0.517. The predicted octanol–water partition coefficient (Wildman–Crippen LogP) is 4.73. The summed E-state index contributed by atoms with van der Waals surface area (Å²) in [6.07, 6.45) is 0.193. The van der Waals surface area contributed by atoms with Crippen LogP contribution in [0.3, 0.4) is 0 Å². The quantitative estimate of drug-likeness (QED) is 0.439. The van der Waals surface area contributed by atoms with Crippen molar-refractivity contribution in [2.75, 3.05) is 19.6 Å². The van der Waals surface area contributed by atoms with Crippen LogP contribution >= 0.6 is 0 Å². The zero-order chi connectivity index (χ0) is 26.7. The largest absolute Gasteiger partial charge is 0.481 e. The molecule has 1 saturated carbocycles. The maximum Gasteiger partial charge on any atom is 0.305 e. The molecule has 11 heteroatoms. The number of benzene rings is 1. The van der Waals surface area contributed by atoms with Crippen molar-refractivity contribution in [3.05, 3.63) is 41.6 Å². The Balaban J connectivity index is 1.58. The lowest BCUT2D eigenvalue weighted by atomic mass is 9.99. The molecular formula is C26H32F4N4O3. The molecule has 37 heavy (non-hydrogen) atoms. The molecule has 4 rings (SSSR count). The van der Waals surface area contributed by atoms with Crippen LogP contribution in [-0.2, 0) is 10.7 Å². The molecule has 202 valence electrons. The fourth-order valence-electron chi connectivity index (χ4n) is 5.24. The lowest BCUT2D eigenvalue weighted by Crippen LogP contribution is -2.39. The topological polar surface area (TPSA) is 87.5 Å². The molecule has 2 aliphatic rings. The minimum Gasteiger partial charge on any atom is -0.481 e. The van der Waals surface area contributed by atoms with E-state index in [2.05, 4.69) is 10.4 Å². The number of alkyl halides is 4. The number of amides is 1. The first-order chi connectivity index (χ1) is 17.5. The predicted molar refractivity (Wildman–Crippen MR) is 129 cm³/mol. The van der Waals surface area contributed by atoms with Crippen LogP contribution in [0.5, 0.6) is 0 Å². The van der Waals surface area contributed by atoms with Gasteiger partial charge in [0.15, 0.2) is 5.69 Å². The van der Waals surface area contributed by atoms with Gasteiger partial charge in [-0.3, -0.25) is 19.2 Å². The molecule has 0 bridgehead atoms. The first-order valence-electron chi connectivity index (χ1n) is 12.6. The number of hydrogen-bond donors (Lipinski definition) is 2. The molecule has 1 saturated heterocycles. The number of halogens is 4. The highest BCUT2D eigenvalue weighted by atomic mass is 19.3. The number of nitrogens with zero attached hydrogens (tertiary/aromatic N) is 3. The van der Waals surface area contributed by atoms with Gasteiger partial charge in [0.25, 0.3) is 11.8 Å². The Morgan fingerprint density at radius 2 is 1.81 bits per heavy atom. The Labute approximate surface area is 212 Å². The third-order valence-electron chi connectivity index (χ3n) is 7.12. The third kappa shape index (κ3) is 6.49. The molecule has 3 atom stereocenters. The third-order valence-corrected chi connectivity index (χ3v) is 7.12. The maximum absolute atomic E-state index is 14.4. The summed E-state index contributed by atoms with van der Waals surface area (Å²) in [6, 6.07) is 6.76. The van der Waals surface area contributed by atoms with Gasteiger partial charge in [0.1, 0.15) is 12.3 Å². The second kappa shape index (κ2) is 11.2. The number of carbonyl (C=O) groups is 2. The van der Waals surface area contributed by atoms with Crippen LogP contribution in [0.25, 0.3) is 11.3 Å². The van der Waals surface area contributed by atoms with Crippen molar-refractivity contribution in [1.29, 1.82) is 0 Å². The highest BCUT2D eigenvalue weighted by Gasteiger charge is 2.34. The normalized spacial score (nSPS) is 21.9. The second-order valence-corrected chi connectivity index (χ2v) is 10.1. The Morgan fingerprint density at radius 3 is 2.43 bits per heavy atom. The van der Waals surface area contributed by atoms with Crippen molar-refractivity contribution in [3.8, 4) is 11.3 Å². The zero-order valence-electron chi connectivity index (χ0n) is 20.7. The smallest absolute Gasteiger partial charge is 0.305 e. The van der Waals surface area contributed by atoms with Crippen molar-refractivity contribution in [2.24, 2.45) is 0 Å². The number of aromatic nitrogens is 2. The Bertz CT molecular complexity index is 1100. The van der Waals surface area contributed by atoms with Gasteiger partial charge in [-0.1, -0.05) is 37.1 Å². The van der Waals surface area contributed by atoms with Gasteiger partial charge in [0.2, 0.25) is 0 Å². The number of likely N-dealkylation sites (tertiary alicyclic amines) is 1. The van der Waals surface area contributed by atoms with E-state index in [1.807, 2.05) is 0 Å². The zero-order valence-corrected chi connectivity index (χ0v) is 20.7. The summed E-state index contributed by atoms with van der Waals surface area (Å²) < 4.78 is 57.5. The summed E-state index contributed by atoms with van der Waals surface area (Å²) in [6.45, 7) is 0.889. The summed E-state index contributed by atoms with van der Waals surface area (Å²) in [5.74, 6) is -4.86. The van der Waals surface area contributed by atoms with E-state index in [-0.39, 0.29) is 55.3 Å². The Morgan fingerprint density at radius 1 is 1.16 bits per heavy atom. The van der Waals surface area contributed by atoms with E-state index in [9.17, 15) is 32.3 Å². The van der Waals surface area contributed by atoms with Crippen molar-refractivity contribution < 1.29 is 32.3 Å². The van der Waals surface area contributed by atoms with E-state index in [4.69, 9.17) is 0 Å². The van der Waals surface area contributed by atoms with Crippen LogP contribution in [0.2, 0.25) is 0 Å². The van der Waals surface area contributed by atoms with Gasteiger partial charge >= 0.3 is 5.97 Å². The monoisotopic (exact) mass is 524 g/mol. The Kier molecular flexibility index (Phi) is 8.20. The first kappa shape index (κ1) is 27.1. The van der Waals surface area contributed by atoms with E-state index < -0.39 is 36.2 Å². The van der Waals surface area contributed by atoms with Crippen LogP contribution in [0, 0.1) is 0 Å². The first-order valence-corrected chi connectivity index (χ1v) is 12.6. The van der Waals surface area contributed by atoms with E-state index >= 15 is 0 Å². The van der Waals surface area contributed by atoms with E-state index in [1.54, 1.807) is 21.7 Å². The van der Waals surface area contributed by atoms with E-state index in [1.165, 1.54) is 18.2 Å². The van der Waals surface area contributed by atoms with E-state index in [0.29, 0.717) is 5.69 Å². The fourth-order valence-corrected chi connectivity index (χ4v) is 5.24. The molecule has 2 heterocycles. The van der Waals surface area contributed by atoms with Gasteiger partial charge in [0, 0.05) is 43.7 Å². The number of carboxylic acid groups (broad SMARTS) is 1. The van der Waals surface area contributed by atoms with Gasteiger partial charge in [-0.25, -0.2) is 17.6 Å². The Hall–Kier alpha value is -2.95. The van der Waals surface area contributed by atoms with Crippen LogP contribution in [0.4, 0.5) is 17.6 Å². The molecule has 1 aliphatic heterocycles. The molecule has 2 N–H and O–H groups in total. The molecule has 0 radical (unpaired) electrons. The van der Waals surface area contributed by atoms with Crippen molar-refractivity contribution in [2.45, 2.75) is 75.8 Å². The second-order valence-electron chi connectivity index (χ2n) is 10.1. The van der Waals surface area contributed by atoms with Crippen LogP contribution in [0.1, 0.15) is 67.5 Å². The van der Waals surface area contributed by atoms with Gasteiger partial charge < -0.3 is 10.4 Å². The molecule has 1 aromatic carbocycles. The highest BCUT2D eigenvalue weighted by Crippen LogP contribution is 2.39. The molecule has 1 amide bonds. The van der Waals surface area contributed by atoms with Crippen LogP contribution in [0.15, 0.2) is 30.3 Å². The molecular weight excluding hydrogens is 492 g/mol. The minimum atomic E-state index is -3.11. The molecule has 0 unspecified atom stereocenters. The van der Waals surface area contributed by atoms with Crippen molar-refractivity contribution >= 4 is 11.9 Å². The lowest BCUT2D eigenvalue weighted by molar-refractivity contribution is -0.137. The van der Waals surface area contributed by atoms with E-state index in [0.717, 1.165) is 32.6 Å². The fraction of sp³-hybridized carbons (Fsp3) is 0.577. The molecule has 1 aliphatic carbocycles. The molecule has 2 aromatic rings. The summed E-state index contributed by atoms with van der Waals surface area (Å²) in [7, 11) is 0. The molecule has 7 nitrogen and oxygen atoms in total. The average Bonchev–Trinajstić information content (AvgIpc) is 3.57. The van der Waals surface area contributed by atoms with Crippen molar-refractivity contribution in [1.82, 2.24) is 20.0 Å².